The Labute approximate surface area is 153 Å². The maximum Gasteiger partial charge on any atom is 0.0824 e. The summed E-state index contributed by atoms with van der Waals surface area (Å²) in [7, 11) is 0. The van der Waals surface area contributed by atoms with Gasteiger partial charge in [-0.1, -0.05) is 60.9 Å². The zero-order chi connectivity index (χ0) is 16.9. The Kier molecular flexibility index (Phi) is 5.92. The Morgan fingerprint density at radius 2 is 1.80 bits per heavy atom. The zero-order valence-electron chi connectivity index (χ0n) is 15.6. The first-order valence-electron chi connectivity index (χ1n) is 10.7. The van der Waals surface area contributed by atoms with Crippen LogP contribution < -0.4 is 0 Å². The van der Waals surface area contributed by atoms with Gasteiger partial charge in [0.25, 0.3) is 0 Å². The molecule has 1 heterocycles. The Balaban J connectivity index is 1.51. The molecular weight excluding hydrogens is 304 g/mol. The summed E-state index contributed by atoms with van der Waals surface area (Å²) in [5.74, 6) is 3.12. The van der Waals surface area contributed by atoms with Crippen LogP contribution in [0.5, 0.6) is 0 Å². The van der Waals surface area contributed by atoms with E-state index in [9.17, 15) is 0 Å². The minimum absolute atomic E-state index is 0.328. The lowest BCUT2D eigenvalue weighted by atomic mass is 9.79. The van der Waals surface area contributed by atoms with Gasteiger partial charge >= 0.3 is 0 Å². The van der Waals surface area contributed by atoms with Crippen LogP contribution in [-0.4, -0.2) is 12.7 Å². The van der Waals surface area contributed by atoms with Crippen LogP contribution in [-0.2, 0) is 4.74 Å². The number of ether oxygens (including phenoxy) is 1. The number of allylic oxidation sites excluding steroid dienone is 6. The summed E-state index contributed by atoms with van der Waals surface area (Å²) in [6.07, 6.45) is 30.1. The lowest BCUT2D eigenvalue weighted by Gasteiger charge is -2.34. The van der Waals surface area contributed by atoms with Crippen LogP contribution in [0.1, 0.15) is 64.2 Å². The number of rotatable bonds is 0. The second-order valence-electron chi connectivity index (χ2n) is 8.64. The van der Waals surface area contributed by atoms with E-state index in [0.717, 1.165) is 24.4 Å². The van der Waals surface area contributed by atoms with Crippen LogP contribution in [0.4, 0.5) is 0 Å². The molecule has 0 spiro atoms. The summed E-state index contributed by atoms with van der Waals surface area (Å²) in [5.41, 5.74) is 1.64. The molecule has 2 bridgehead atoms. The lowest BCUT2D eigenvalue weighted by molar-refractivity contribution is 0.00543. The van der Waals surface area contributed by atoms with Crippen molar-refractivity contribution in [2.24, 2.45) is 23.7 Å². The molecule has 5 unspecified atom stereocenters. The van der Waals surface area contributed by atoms with E-state index in [1.165, 1.54) is 64.2 Å². The highest BCUT2D eigenvalue weighted by molar-refractivity contribution is 5.25. The highest BCUT2D eigenvalue weighted by Gasteiger charge is 2.38. The summed E-state index contributed by atoms with van der Waals surface area (Å²) >= 11 is 0. The summed E-state index contributed by atoms with van der Waals surface area (Å²) in [5, 5.41) is 0. The fourth-order valence-electron chi connectivity index (χ4n) is 5.51. The van der Waals surface area contributed by atoms with E-state index in [1.807, 2.05) is 0 Å². The molecule has 0 aromatic heterocycles. The molecule has 0 N–H and O–H groups in total. The van der Waals surface area contributed by atoms with Gasteiger partial charge in [-0.25, -0.2) is 0 Å². The van der Waals surface area contributed by atoms with Crippen LogP contribution in [0.15, 0.2) is 48.1 Å². The van der Waals surface area contributed by atoms with E-state index in [2.05, 4.69) is 42.5 Å². The zero-order valence-corrected chi connectivity index (χ0v) is 15.6. The summed E-state index contributed by atoms with van der Waals surface area (Å²) in [4.78, 5) is 0. The quantitative estimate of drug-likeness (QED) is 0.465. The fourth-order valence-corrected chi connectivity index (χ4v) is 5.51. The van der Waals surface area contributed by atoms with E-state index < -0.39 is 0 Å². The number of hydrogen-bond donors (Lipinski definition) is 0. The normalized spacial score (nSPS) is 43.7. The average molecular weight is 339 g/mol. The maximum atomic E-state index is 6.54. The molecule has 0 saturated heterocycles. The van der Waals surface area contributed by atoms with Gasteiger partial charge in [-0.3, -0.25) is 0 Å². The van der Waals surface area contributed by atoms with E-state index in [4.69, 9.17) is 4.74 Å². The SMILES string of the molecule is C1=CC2OCC3CCCC(C/C=C\CC/C=C\C=C4\CCC(C1)C42)C3. The Morgan fingerprint density at radius 3 is 2.80 bits per heavy atom. The van der Waals surface area contributed by atoms with Crippen LogP contribution in [0, 0.1) is 23.7 Å². The molecule has 136 valence electrons. The van der Waals surface area contributed by atoms with Gasteiger partial charge in [0.1, 0.15) is 0 Å². The van der Waals surface area contributed by atoms with Crippen molar-refractivity contribution in [2.75, 3.05) is 6.61 Å². The van der Waals surface area contributed by atoms with Crippen LogP contribution in [0.2, 0.25) is 0 Å². The molecule has 1 aliphatic heterocycles. The molecule has 1 nitrogen and oxygen atoms in total. The van der Waals surface area contributed by atoms with Gasteiger partial charge in [0.2, 0.25) is 0 Å². The Hall–Kier alpha value is -1.08. The molecule has 0 amide bonds. The first-order chi connectivity index (χ1) is 12.4. The first kappa shape index (κ1) is 17.3. The van der Waals surface area contributed by atoms with E-state index >= 15 is 0 Å². The molecule has 0 aromatic rings. The van der Waals surface area contributed by atoms with Crippen molar-refractivity contribution >= 4 is 0 Å². The first-order valence-corrected chi connectivity index (χ1v) is 10.7. The second-order valence-corrected chi connectivity index (χ2v) is 8.64. The predicted octanol–water partition coefficient (Wildman–Crippen LogP) is 6.39. The molecular formula is C24H34O. The molecule has 2 fully saturated rings. The van der Waals surface area contributed by atoms with E-state index in [0.29, 0.717) is 12.0 Å². The van der Waals surface area contributed by atoms with Crippen LogP contribution >= 0.6 is 0 Å². The Bertz CT molecular complexity index is 552. The van der Waals surface area contributed by atoms with Gasteiger partial charge in [-0.2, -0.15) is 0 Å². The van der Waals surface area contributed by atoms with Crippen molar-refractivity contribution in [3.63, 3.8) is 0 Å². The molecule has 25 heavy (non-hydrogen) atoms. The molecule has 4 aliphatic rings. The van der Waals surface area contributed by atoms with Crippen molar-refractivity contribution < 1.29 is 4.74 Å². The monoisotopic (exact) mass is 338 g/mol. The van der Waals surface area contributed by atoms with Crippen LogP contribution in [0.3, 0.4) is 0 Å². The molecule has 2 saturated carbocycles. The molecule has 5 atom stereocenters. The van der Waals surface area contributed by atoms with Crippen molar-refractivity contribution in [2.45, 2.75) is 70.3 Å². The van der Waals surface area contributed by atoms with E-state index in [-0.39, 0.29) is 0 Å². The minimum Gasteiger partial charge on any atom is -0.373 e. The number of hydrogen-bond acceptors (Lipinski definition) is 1. The van der Waals surface area contributed by atoms with Gasteiger partial charge in [0.15, 0.2) is 0 Å². The van der Waals surface area contributed by atoms with Crippen molar-refractivity contribution in [1.29, 1.82) is 0 Å². The van der Waals surface area contributed by atoms with Crippen LogP contribution in [0.25, 0.3) is 0 Å². The highest BCUT2D eigenvalue weighted by Crippen LogP contribution is 2.45. The minimum atomic E-state index is 0.328. The van der Waals surface area contributed by atoms with Crippen molar-refractivity contribution in [3.8, 4) is 0 Å². The molecule has 3 aliphatic carbocycles. The standard InChI is InChI=1S/C24H34O/c1-2-4-6-12-21-15-16-22-13-8-14-23(24(21)22)25-18-20-11-7-10-19(17-20)9-5-3-1/h3-6,8,12,14,19-20,22-24H,1-2,7,9-11,13,15-18H2/b5-3-,6-4-,21-12-. The molecule has 0 aromatic carbocycles. The van der Waals surface area contributed by atoms with Gasteiger partial charge in [0, 0.05) is 5.92 Å². The Morgan fingerprint density at radius 1 is 0.880 bits per heavy atom. The molecule has 1 heteroatoms. The third-order valence-electron chi connectivity index (χ3n) is 6.86. The highest BCUT2D eigenvalue weighted by atomic mass is 16.5. The third-order valence-corrected chi connectivity index (χ3v) is 6.86. The summed E-state index contributed by atoms with van der Waals surface area (Å²) < 4.78 is 6.54. The van der Waals surface area contributed by atoms with Gasteiger partial charge < -0.3 is 4.74 Å². The van der Waals surface area contributed by atoms with Crippen molar-refractivity contribution in [1.82, 2.24) is 0 Å². The van der Waals surface area contributed by atoms with Gasteiger partial charge in [0.05, 0.1) is 12.7 Å². The topological polar surface area (TPSA) is 9.23 Å². The number of fused-ring (bicyclic) bond motifs is 2. The third kappa shape index (κ3) is 4.37. The largest absolute Gasteiger partial charge is 0.373 e. The average Bonchev–Trinajstić information content (AvgIpc) is 3.06. The van der Waals surface area contributed by atoms with Gasteiger partial charge in [-0.05, 0) is 69.1 Å². The second kappa shape index (κ2) is 8.54. The van der Waals surface area contributed by atoms with E-state index in [1.54, 1.807) is 5.57 Å². The smallest absolute Gasteiger partial charge is 0.0824 e. The predicted molar refractivity (Wildman–Crippen MR) is 105 cm³/mol. The van der Waals surface area contributed by atoms with Crippen molar-refractivity contribution in [3.05, 3.63) is 48.1 Å². The molecule has 0 radical (unpaired) electrons. The lowest BCUT2D eigenvalue weighted by Crippen LogP contribution is -2.31. The summed E-state index contributed by atoms with van der Waals surface area (Å²) in [6, 6.07) is 0. The summed E-state index contributed by atoms with van der Waals surface area (Å²) in [6.45, 7) is 0.974. The maximum absolute atomic E-state index is 6.54. The van der Waals surface area contributed by atoms with Gasteiger partial charge in [-0.15, -0.1) is 0 Å². The fraction of sp³-hybridized carbons (Fsp3) is 0.667. The molecule has 4 rings (SSSR count).